The van der Waals surface area contributed by atoms with E-state index in [0.29, 0.717) is 11.4 Å². The van der Waals surface area contributed by atoms with E-state index in [-0.39, 0.29) is 24.8 Å². The Balaban J connectivity index is 1.27. The standard InChI is InChI=1S/C25H28N4O3S/c1-18-4-3-5-19(14-18)25-27-21(17-33-25)15-24(31)28(2)16-23(30)26-20-6-8-22(9-7-20)29-10-12-32-13-11-29/h3-9,14,17H,10-13,15-16H2,1-2H3,(H,26,30). The first-order valence-corrected chi connectivity index (χ1v) is 11.8. The molecule has 33 heavy (non-hydrogen) atoms. The number of carbonyl (C=O) groups is 2. The number of nitrogens with zero attached hydrogens (tertiary/aromatic N) is 3. The van der Waals surface area contributed by atoms with Gasteiger partial charge in [0.25, 0.3) is 0 Å². The van der Waals surface area contributed by atoms with Gasteiger partial charge in [0.15, 0.2) is 0 Å². The first kappa shape index (κ1) is 22.9. The second kappa shape index (κ2) is 10.6. The van der Waals surface area contributed by atoms with Crippen LogP contribution in [0.15, 0.2) is 53.9 Å². The maximum absolute atomic E-state index is 12.6. The fourth-order valence-electron chi connectivity index (χ4n) is 3.67. The lowest BCUT2D eigenvalue weighted by Crippen LogP contribution is -2.36. The molecular formula is C25H28N4O3S. The highest BCUT2D eigenvalue weighted by molar-refractivity contribution is 7.13. The topological polar surface area (TPSA) is 74.8 Å². The Labute approximate surface area is 198 Å². The third kappa shape index (κ3) is 6.18. The molecule has 4 rings (SSSR count). The van der Waals surface area contributed by atoms with Crippen LogP contribution in [0.2, 0.25) is 0 Å². The van der Waals surface area contributed by atoms with Crippen LogP contribution in [-0.2, 0) is 20.7 Å². The van der Waals surface area contributed by atoms with Gasteiger partial charge in [0.1, 0.15) is 5.01 Å². The molecule has 1 saturated heterocycles. The summed E-state index contributed by atoms with van der Waals surface area (Å²) in [5.41, 5.74) is 4.75. The molecule has 3 aromatic rings. The van der Waals surface area contributed by atoms with Crippen molar-refractivity contribution in [2.75, 3.05) is 50.1 Å². The number of aryl methyl sites for hydroxylation is 1. The van der Waals surface area contributed by atoms with E-state index in [2.05, 4.69) is 21.3 Å². The van der Waals surface area contributed by atoms with Crippen molar-refractivity contribution in [3.05, 3.63) is 65.2 Å². The zero-order valence-corrected chi connectivity index (χ0v) is 19.7. The highest BCUT2D eigenvalue weighted by Crippen LogP contribution is 2.25. The van der Waals surface area contributed by atoms with Gasteiger partial charge in [-0.15, -0.1) is 11.3 Å². The summed E-state index contributed by atoms with van der Waals surface area (Å²) in [7, 11) is 1.64. The highest BCUT2D eigenvalue weighted by Gasteiger charge is 2.16. The SMILES string of the molecule is Cc1cccc(-c2nc(CC(=O)N(C)CC(=O)Nc3ccc(N4CCOCC4)cc3)cs2)c1. The summed E-state index contributed by atoms with van der Waals surface area (Å²) in [6, 6.07) is 15.9. The fourth-order valence-corrected chi connectivity index (χ4v) is 4.49. The van der Waals surface area contributed by atoms with Gasteiger partial charge in [-0.05, 0) is 37.3 Å². The number of anilines is 2. The number of benzene rings is 2. The Morgan fingerprint density at radius 1 is 1.15 bits per heavy atom. The number of nitrogens with one attached hydrogen (secondary N) is 1. The molecule has 1 aliphatic rings. The molecule has 0 spiro atoms. The van der Waals surface area contributed by atoms with Gasteiger partial charge in [0.2, 0.25) is 11.8 Å². The van der Waals surface area contributed by atoms with Crippen molar-refractivity contribution in [2.45, 2.75) is 13.3 Å². The summed E-state index contributed by atoms with van der Waals surface area (Å²) in [5.74, 6) is -0.377. The molecule has 2 aromatic carbocycles. The fraction of sp³-hybridized carbons (Fsp3) is 0.320. The van der Waals surface area contributed by atoms with Crippen molar-refractivity contribution in [2.24, 2.45) is 0 Å². The van der Waals surface area contributed by atoms with Crippen LogP contribution in [0.3, 0.4) is 0 Å². The van der Waals surface area contributed by atoms with E-state index in [1.54, 1.807) is 7.05 Å². The van der Waals surface area contributed by atoms with Gasteiger partial charge in [-0.3, -0.25) is 9.59 Å². The van der Waals surface area contributed by atoms with Crippen LogP contribution in [0.4, 0.5) is 11.4 Å². The molecule has 0 aliphatic carbocycles. The molecule has 8 heteroatoms. The number of likely N-dealkylation sites (N-methyl/N-ethyl adjacent to an activating group) is 1. The zero-order valence-electron chi connectivity index (χ0n) is 18.9. The number of aromatic nitrogens is 1. The molecule has 1 N–H and O–H groups in total. The van der Waals surface area contributed by atoms with E-state index in [0.717, 1.165) is 42.6 Å². The number of ether oxygens (including phenoxy) is 1. The quantitative estimate of drug-likeness (QED) is 0.578. The number of amides is 2. The summed E-state index contributed by atoms with van der Waals surface area (Å²) < 4.78 is 5.38. The molecule has 0 saturated carbocycles. The van der Waals surface area contributed by atoms with Crippen LogP contribution < -0.4 is 10.2 Å². The zero-order chi connectivity index (χ0) is 23.2. The Bertz CT molecular complexity index is 1110. The van der Waals surface area contributed by atoms with E-state index in [4.69, 9.17) is 4.74 Å². The second-order valence-corrected chi connectivity index (χ2v) is 8.99. The summed E-state index contributed by atoms with van der Waals surface area (Å²) in [4.78, 5) is 33.3. The van der Waals surface area contributed by atoms with Gasteiger partial charge >= 0.3 is 0 Å². The van der Waals surface area contributed by atoms with Crippen molar-refractivity contribution in [1.82, 2.24) is 9.88 Å². The minimum atomic E-state index is -0.233. The number of thiazole rings is 1. The molecular weight excluding hydrogens is 436 g/mol. The summed E-state index contributed by atoms with van der Waals surface area (Å²) in [6.45, 7) is 5.22. The van der Waals surface area contributed by atoms with Gasteiger partial charge in [-0.25, -0.2) is 4.98 Å². The molecule has 1 aromatic heterocycles. The van der Waals surface area contributed by atoms with E-state index >= 15 is 0 Å². The molecule has 0 atom stereocenters. The molecule has 0 unspecified atom stereocenters. The molecule has 1 fully saturated rings. The smallest absolute Gasteiger partial charge is 0.243 e. The molecule has 1 aliphatic heterocycles. The molecule has 2 amide bonds. The largest absolute Gasteiger partial charge is 0.378 e. The van der Waals surface area contributed by atoms with Gasteiger partial charge in [0, 0.05) is 42.5 Å². The van der Waals surface area contributed by atoms with Crippen molar-refractivity contribution >= 4 is 34.5 Å². The van der Waals surface area contributed by atoms with E-state index in [9.17, 15) is 9.59 Å². The lowest BCUT2D eigenvalue weighted by Gasteiger charge is -2.28. The summed E-state index contributed by atoms with van der Waals surface area (Å²) >= 11 is 1.52. The lowest BCUT2D eigenvalue weighted by molar-refractivity contribution is -0.132. The third-order valence-electron chi connectivity index (χ3n) is 5.48. The minimum absolute atomic E-state index is 0.0150. The van der Waals surface area contributed by atoms with E-state index in [1.165, 1.54) is 21.8 Å². The van der Waals surface area contributed by atoms with Gasteiger partial charge in [0.05, 0.1) is 31.9 Å². The number of carbonyl (C=O) groups excluding carboxylic acids is 2. The van der Waals surface area contributed by atoms with E-state index < -0.39 is 0 Å². The van der Waals surface area contributed by atoms with E-state index in [1.807, 2.05) is 54.8 Å². The Kier molecular flexibility index (Phi) is 7.36. The van der Waals surface area contributed by atoms with Crippen LogP contribution in [0, 0.1) is 6.92 Å². The normalized spacial score (nSPS) is 13.6. The van der Waals surface area contributed by atoms with Gasteiger partial charge in [-0.1, -0.05) is 23.8 Å². The van der Waals surface area contributed by atoms with Crippen LogP contribution in [0.25, 0.3) is 10.6 Å². The Morgan fingerprint density at radius 2 is 1.91 bits per heavy atom. The molecule has 2 heterocycles. The average molecular weight is 465 g/mol. The molecule has 0 radical (unpaired) electrons. The summed E-state index contributed by atoms with van der Waals surface area (Å²) in [6.07, 6.45) is 0.167. The number of rotatable bonds is 7. The molecule has 0 bridgehead atoms. The monoisotopic (exact) mass is 464 g/mol. The maximum atomic E-state index is 12.6. The predicted octanol–water partition coefficient (Wildman–Crippen LogP) is 3.59. The number of hydrogen-bond donors (Lipinski definition) is 1. The Morgan fingerprint density at radius 3 is 2.64 bits per heavy atom. The van der Waals surface area contributed by atoms with Crippen LogP contribution in [0.1, 0.15) is 11.3 Å². The van der Waals surface area contributed by atoms with Crippen LogP contribution >= 0.6 is 11.3 Å². The number of hydrogen-bond acceptors (Lipinski definition) is 6. The van der Waals surface area contributed by atoms with Gasteiger partial charge < -0.3 is 19.9 Å². The average Bonchev–Trinajstić information content (AvgIpc) is 3.28. The summed E-state index contributed by atoms with van der Waals surface area (Å²) in [5, 5.41) is 5.66. The first-order chi connectivity index (χ1) is 16.0. The van der Waals surface area contributed by atoms with Crippen molar-refractivity contribution in [3.8, 4) is 10.6 Å². The highest BCUT2D eigenvalue weighted by atomic mass is 32.1. The van der Waals surface area contributed by atoms with Gasteiger partial charge in [-0.2, -0.15) is 0 Å². The maximum Gasteiger partial charge on any atom is 0.243 e. The van der Waals surface area contributed by atoms with Crippen LogP contribution in [0.5, 0.6) is 0 Å². The third-order valence-corrected chi connectivity index (χ3v) is 6.42. The first-order valence-electron chi connectivity index (χ1n) is 11.0. The van der Waals surface area contributed by atoms with Crippen molar-refractivity contribution < 1.29 is 14.3 Å². The minimum Gasteiger partial charge on any atom is -0.378 e. The number of morpholine rings is 1. The lowest BCUT2D eigenvalue weighted by atomic mass is 10.1. The second-order valence-electron chi connectivity index (χ2n) is 8.13. The predicted molar refractivity (Wildman–Crippen MR) is 132 cm³/mol. The Hall–Kier alpha value is -3.23. The van der Waals surface area contributed by atoms with Crippen molar-refractivity contribution in [3.63, 3.8) is 0 Å². The molecule has 172 valence electrons. The molecule has 7 nitrogen and oxygen atoms in total. The van der Waals surface area contributed by atoms with Crippen molar-refractivity contribution in [1.29, 1.82) is 0 Å². The van der Waals surface area contributed by atoms with Crippen LogP contribution in [-0.4, -0.2) is 61.6 Å².